The quantitative estimate of drug-likeness (QED) is 0.571. The van der Waals surface area contributed by atoms with Crippen molar-refractivity contribution in [3.05, 3.63) is 41.6 Å². The Hall–Kier alpha value is -3.19. The van der Waals surface area contributed by atoms with Crippen molar-refractivity contribution in [1.29, 1.82) is 0 Å². The van der Waals surface area contributed by atoms with Gasteiger partial charge in [0.25, 0.3) is 0 Å². The fraction of sp³-hybridized carbons (Fsp3) is 0.238. The Labute approximate surface area is 172 Å². The highest BCUT2D eigenvalue weighted by Crippen LogP contribution is 2.41. The minimum absolute atomic E-state index is 0.0203. The van der Waals surface area contributed by atoms with Crippen molar-refractivity contribution in [1.82, 2.24) is 4.98 Å². The number of carboxylic acid groups (broad SMARTS) is 1. The van der Waals surface area contributed by atoms with Crippen molar-refractivity contribution >= 4 is 28.5 Å². The van der Waals surface area contributed by atoms with Crippen LogP contribution >= 0.6 is 11.6 Å². The van der Waals surface area contributed by atoms with Crippen molar-refractivity contribution in [2.45, 2.75) is 5.88 Å². The van der Waals surface area contributed by atoms with E-state index in [1.54, 1.807) is 30.3 Å². The third-order valence-corrected chi connectivity index (χ3v) is 4.83. The Bertz CT molecular complexity index is 1080. The number of aromatic nitrogens is 1. The summed E-state index contributed by atoms with van der Waals surface area (Å²) in [5, 5.41) is 10.5. The first-order valence-corrected chi connectivity index (χ1v) is 9.12. The van der Waals surface area contributed by atoms with Gasteiger partial charge in [-0.05, 0) is 23.8 Å². The highest BCUT2D eigenvalue weighted by Gasteiger charge is 2.24. The second-order valence-electron chi connectivity index (χ2n) is 6.04. The Morgan fingerprint density at radius 3 is 2.07 bits per heavy atom. The molecule has 0 saturated carbocycles. The monoisotopic (exact) mass is 417 g/mol. The number of methoxy groups -OCH3 is 4. The third kappa shape index (κ3) is 3.61. The number of aromatic carboxylic acids is 1. The molecule has 1 aromatic heterocycles. The lowest BCUT2D eigenvalue weighted by atomic mass is 9.93. The van der Waals surface area contributed by atoms with E-state index in [2.05, 4.69) is 4.98 Å². The fourth-order valence-corrected chi connectivity index (χ4v) is 3.45. The van der Waals surface area contributed by atoms with E-state index in [-0.39, 0.29) is 17.1 Å². The number of hydrogen-bond acceptors (Lipinski definition) is 6. The number of halogens is 1. The summed E-state index contributed by atoms with van der Waals surface area (Å²) in [5.41, 5.74) is 1.88. The number of nitrogens with zero attached hydrogens (tertiary/aromatic N) is 1. The first-order chi connectivity index (χ1) is 14.0. The van der Waals surface area contributed by atoms with Crippen molar-refractivity contribution < 1.29 is 28.8 Å². The number of pyridine rings is 1. The van der Waals surface area contributed by atoms with Gasteiger partial charge in [-0.1, -0.05) is 6.07 Å². The Kier molecular flexibility index (Phi) is 5.98. The predicted octanol–water partition coefficient (Wildman–Crippen LogP) is 4.37. The lowest BCUT2D eigenvalue weighted by molar-refractivity contribution is 0.0696. The van der Waals surface area contributed by atoms with Crippen LogP contribution in [0.4, 0.5) is 0 Å². The Balaban J connectivity index is 2.47. The molecule has 0 saturated heterocycles. The first-order valence-electron chi connectivity index (χ1n) is 8.59. The first kappa shape index (κ1) is 20.5. The molecule has 152 valence electrons. The molecule has 0 aliphatic heterocycles. The molecule has 2 aromatic carbocycles. The summed E-state index contributed by atoms with van der Waals surface area (Å²) < 4.78 is 21.4. The molecule has 3 rings (SSSR count). The molecule has 0 fully saturated rings. The molecule has 0 aliphatic rings. The standard InChI is InChI=1S/C21H20ClNO6/c1-26-15-6-5-11(7-16(15)27-2)19-12-8-17(28-3)18(29-4)9-13(12)23-14(10-22)20(19)21(24)25/h5-9H,10H2,1-4H3,(H,24,25). The van der Waals surface area contributed by atoms with E-state index >= 15 is 0 Å². The molecular weight excluding hydrogens is 398 g/mol. The molecule has 1 heterocycles. The average molecular weight is 418 g/mol. The largest absolute Gasteiger partial charge is 0.493 e. The smallest absolute Gasteiger partial charge is 0.338 e. The molecular formula is C21H20ClNO6. The molecule has 0 spiro atoms. The number of ether oxygens (including phenoxy) is 4. The maximum atomic E-state index is 12.2. The molecule has 1 N–H and O–H groups in total. The van der Waals surface area contributed by atoms with Crippen molar-refractivity contribution in [2.24, 2.45) is 0 Å². The molecule has 0 atom stereocenters. The van der Waals surface area contributed by atoms with E-state index in [0.29, 0.717) is 45.0 Å². The Morgan fingerprint density at radius 2 is 1.52 bits per heavy atom. The summed E-state index contributed by atoms with van der Waals surface area (Å²) in [4.78, 5) is 16.6. The van der Waals surface area contributed by atoms with Crippen molar-refractivity contribution in [3.8, 4) is 34.1 Å². The van der Waals surface area contributed by atoms with E-state index in [9.17, 15) is 9.90 Å². The van der Waals surface area contributed by atoms with Crippen LogP contribution in [0.3, 0.4) is 0 Å². The number of hydrogen-bond donors (Lipinski definition) is 1. The van der Waals surface area contributed by atoms with Crippen LogP contribution in [0.25, 0.3) is 22.0 Å². The zero-order valence-corrected chi connectivity index (χ0v) is 17.2. The van der Waals surface area contributed by atoms with Gasteiger partial charge in [-0.25, -0.2) is 4.79 Å². The molecule has 0 radical (unpaired) electrons. The minimum atomic E-state index is -1.13. The lowest BCUT2D eigenvalue weighted by Gasteiger charge is -2.17. The van der Waals surface area contributed by atoms with Crippen molar-refractivity contribution in [2.75, 3.05) is 28.4 Å². The SMILES string of the molecule is COc1ccc(-c2c(C(=O)O)c(CCl)nc3cc(OC)c(OC)cc23)cc1OC. The topological polar surface area (TPSA) is 87.1 Å². The predicted molar refractivity (Wildman–Crippen MR) is 110 cm³/mol. The van der Waals surface area contributed by atoms with E-state index in [1.807, 2.05) is 0 Å². The number of carbonyl (C=O) groups is 1. The summed E-state index contributed by atoms with van der Waals surface area (Å²) in [5.74, 6) is 0.747. The van der Waals surface area contributed by atoms with Crippen LogP contribution in [0.2, 0.25) is 0 Å². The van der Waals surface area contributed by atoms with E-state index in [4.69, 9.17) is 30.5 Å². The molecule has 8 heteroatoms. The normalized spacial score (nSPS) is 10.7. The highest BCUT2D eigenvalue weighted by atomic mass is 35.5. The van der Waals surface area contributed by atoms with Gasteiger partial charge in [-0.3, -0.25) is 4.98 Å². The Morgan fingerprint density at radius 1 is 0.931 bits per heavy atom. The highest BCUT2D eigenvalue weighted by molar-refractivity contribution is 6.18. The van der Waals surface area contributed by atoms with Crippen LogP contribution in [-0.4, -0.2) is 44.5 Å². The van der Waals surface area contributed by atoms with Crippen LogP contribution in [0.15, 0.2) is 30.3 Å². The van der Waals surface area contributed by atoms with E-state index in [0.717, 1.165) is 0 Å². The van der Waals surface area contributed by atoms with E-state index < -0.39 is 5.97 Å². The van der Waals surface area contributed by atoms with Crippen LogP contribution in [0.1, 0.15) is 16.1 Å². The number of fused-ring (bicyclic) bond motifs is 1. The maximum Gasteiger partial charge on any atom is 0.338 e. The van der Waals surface area contributed by atoms with Crippen LogP contribution in [0.5, 0.6) is 23.0 Å². The number of rotatable bonds is 7. The lowest BCUT2D eigenvalue weighted by Crippen LogP contribution is -2.08. The summed E-state index contributed by atoms with van der Waals surface area (Å²) in [6.07, 6.45) is 0. The number of alkyl halides is 1. The van der Waals surface area contributed by atoms with Gasteiger partial charge in [0.1, 0.15) is 0 Å². The fourth-order valence-electron chi connectivity index (χ4n) is 3.26. The second kappa shape index (κ2) is 8.45. The second-order valence-corrected chi connectivity index (χ2v) is 6.31. The van der Waals surface area contributed by atoms with Crippen LogP contribution in [-0.2, 0) is 5.88 Å². The summed E-state index contributed by atoms with van der Waals surface area (Å²) in [7, 11) is 6.08. The number of carboxylic acids is 1. The maximum absolute atomic E-state index is 12.2. The molecule has 0 aliphatic carbocycles. The van der Waals surface area contributed by atoms with Gasteiger partial charge >= 0.3 is 5.97 Å². The van der Waals surface area contributed by atoms with Crippen molar-refractivity contribution in [3.63, 3.8) is 0 Å². The number of benzene rings is 2. The van der Waals surface area contributed by atoms with Crippen LogP contribution in [0, 0.1) is 0 Å². The molecule has 7 nitrogen and oxygen atoms in total. The molecule has 0 bridgehead atoms. The van der Waals surface area contributed by atoms with Gasteiger partial charge in [-0.2, -0.15) is 0 Å². The summed E-state index contributed by atoms with van der Waals surface area (Å²) >= 11 is 6.05. The summed E-state index contributed by atoms with van der Waals surface area (Å²) in [6.45, 7) is 0. The zero-order valence-electron chi connectivity index (χ0n) is 16.4. The molecule has 0 unspecified atom stereocenters. The van der Waals surface area contributed by atoms with Gasteiger partial charge < -0.3 is 24.1 Å². The average Bonchev–Trinajstić information content (AvgIpc) is 2.75. The molecule has 29 heavy (non-hydrogen) atoms. The molecule has 0 amide bonds. The van der Waals surface area contributed by atoms with Gasteiger partial charge in [0.15, 0.2) is 23.0 Å². The minimum Gasteiger partial charge on any atom is -0.493 e. The van der Waals surface area contributed by atoms with Gasteiger partial charge in [0.2, 0.25) is 0 Å². The third-order valence-electron chi connectivity index (χ3n) is 4.58. The van der Waals surface area contributed by atoms with Gasteiger partial charge in [0.05, 0.1) is 51.1 Å². The molecule has 3 aromatic rings. The van der Waals surface area contributed by atoms with Gasteiger partial charge in [0, 0.05) is 17.0 Å². The van der Waals surface area contributed by atoms with Gasteiger partial charge in [-0.15, -0.1) is 11.6 Å². The summed E-state index contributed by atoms with van der Waals surface area (Å²) in [6, 6.07) is 8.59. The van der Waals surface area contributed by atoms with Crippen LogP contribution < -0.4 is 18.9 Å². The zero-order chi connectivity index (χ0) is 21.1. The van der Waals surface area contributed by atoms with E-state index in [1.165, 1.54) is 28.4 Å².